The van der Waals surface area contributed by atoms with Crippen molar-refractivity contribution < 1.29 is 4.74 Å². The number of hydrogen-bond donors (Lipinski definition) is 2. The Morgan fingerprint density at radius 2 is 1.88 bits per heavy atom. The van der Waals surface area contributed by atoms with Gasteiger partial charge < -0.3 is 15.8 Å². The summed E-state index contributed by atoms with van der Waals surface area (Å²) >= 11 is 6.12. The van der Waals surface area contributed by atoms with E-state index in [1.807, 2.05) is 6.07 Å². The molecule has 0 saturated heterocycles. The van der Waals surface area contributed by atoms with E-state index in [0.717, 1.165) is 18.5 Å². The number of guanidine groups is 1. The third-order valence-electron chi connectivity index (χ3n) is 4.41. The molecule has 0 fully saturated rings. The molecule has 0 unspecified atom stereocenters. The van der Waals surface area contributed by atoms with Crippen molar-refractivity contribution in [3.05, 3.63) is 58.6 Å². The smallest absolute Gasteiger partial charge is 0.193 e. The van der Waals surface area contributed by atoms with E-state index in [0.29, 0.717) is 23.3 Å². The van der Waals surface area contributed by atoms with Crippen molar-refractivity contribution in [2.75, 3.05) is 19.0 Å². The molecule has 3 rings (SSSR count). The highest BCUT2D eigenvalue weighted by molar-refractivity contribution is 14.0. The number of aliphatic imine (C=N–C) groups is 1. The second-order valence-corrected chi connectivity index (χ2v) is 7.02. The normalized spacial score (nSPS) is 15.2. The zero-order valence-corrected chi connectivity index (χ0v) is 17.5. The highest BCUT2D eigenvalue weighted by Crippen LogP contribution is 2.36. The van der Waals surface area contributed by atoms with Gasteiger partial charge in [-0.3, -0.25) is 4.99 Å². The maximum atomic E-state index is 6.12. The fourth-order valence-electron chi connectivity index (χ4n) is 3.20. The lowest BCUT2D eigenvalue weighted by Crippen LogP contribution is -2.27. The predicted octanol–water partition coefficient (Wildman–Crippen LogP) is 4.50. The molecule has 0 saturated carbocycles. The zero-order chi connectivity index (χ0) is 17.2. The Bertz CT molecular complexity index is 754. The molecule has 0 aliphatic heterocycles. The molecular formula is C19H23ClIN3O. The number of nitrogens with zero attached hydrogens (tertiary/aromatic N) is 1. The number of methoxy groups -OCH3 is 1. The molecule has 0 aromatic heterocycles. The first-order chi connectivity index (χ1) is 11.5. The summed E-state index contributed by atoms with van der Waals surface area (Å²) in [7, 11) is 1.59. The standard InChI is InChI=1S/C19H22ClN3O.HI/c1-19(10-13-5-3-4-6-14(13)11-19)12-22-18(21)23-15-7-8-17(24-2)16(20)9-15;/h3-9H,10-12H2,1-2H3,(H3,21,22,23);1H. The number of hydrogen-bond acceptors (Lipinski definition) is 2. The van der Waals surface area contributed by atoms with Crippen LogP contribution in [0.4, 0.5) is 5.69 Å². The average Bonchev–Trinajstić information content (AvgIpc) is 2.90. The van der Waals surface area contributed by atoms with E-state index < -0.39 is 0 Å². The second-order valence-electron chi connectivity index (χ2n) is 6.61. The Balaban J connectivity index is 0.00000225. The van der Waals surface area contributed by atoms with E-state index in [1.54, 1.807) is 19.2 Å². The van der Waals surface area contributed by atoms with Gasteiger partial charge in [0, 0.05) is 12.2 Å². The van der Waals surface area contributed by atoms with Gasteiger partial charge >= 0.3 is 0 Å². The quantitative estimate of drug-likeness (QED) is 0.392. The predicted molar refractivity (Wildman–Crippen MR) is 115 cm³/mol. The molecule has 134 valence electrons. The van der Waals surface area contributed by atoms with Crippen LogP contribution >= 0.6 is 35.6 Å². The molecule has 1 aliphatic carbocycles. The summed E-state index contributed by atoms with van der Waals surface area (Å²) in [5.74, 6) is 1.03. The Hall–Kier alpha value is -1.47. The molecule has 0 bridgehead atoms. The van der Waals surface area contributed by atoms with E-state index in [2.05, 4.69) is 41.5 Å². The van der Waals surface area contributed by atoms with Gasteiger partial charge in [0.05, 0.1) is 12.1 Å². The molecule has 6 heteroatoms. The van der Waals surface area contributed by atoms with Gasteiger partial charge in [-0.1, -0.05) is 42.8 Å². The van der Waals surface area contributed by atoms with Crippen LogP contribution in [0, 0.1) is 5.41 Å². The van der Waals surface area contributed by atoms with Crippen LogP contribution < -0.4 is 15.8 Å². The highest BCUT2D eigenvalue weighted by Gasteiger charge is 2.32. The van der Waals surface area contributed by atoms with E-state index in [-0.39, 0.29) is 29.4 Å². The van der Waals surface area contributed by atoms with Gasteiger partial charge in [-0.2, -0.15) is 0 Å². The first-order valence-corrected chi connectivity index (χ1v) is 8.34. The number of halogens is 2. The largest absolute Gasteiger partial charge is 0.495 e. The molecule has 25 heavy (non-hydrogen) atoms. The summed E-state index contributed by atoms with van der Waals surface area (Å²) in [4.78, 5) is 4.54. The lowest BCUT2D eigenvalue weighted by molar-refractivity contribution is 0.360. The number of ether oxygens (including phenoxy) is 1. The number of nitrogens with one attached hydrogen (secondary N) is 1. The van der Waals surface area contributed by atoms with E-state index in [9.17, 15) is 0 Å². The van der Waals surface area contributed by atoms with Crippen molar-refractivity contribution in [1.82, 2.24) is 0 Å². The van der Waals surface area contributed by atoms with E-state index in [1.165, 1.54) is 11.1 Å². The number of fused-ring (bicyclic) bond motifs is 1. The summed E-state index contributed by atoms with van der Waals surface area (Å²) in [5.41, 5.74) is 9.79. The number of nitrogens with two attached hydrogens (primary N) is 1. The van der Waals surface area contributed by atoms with Gasteiger partial charge in [0.15, 0.2) is 5.96 Å². The van der Waals surface area contributed by atoms with Crippen LogP contribution in [0.2, 0.25) is 5.02 Å². The van der Waals surface area contributed by atoms with Gasteiger partial charge in [-0.15, -0.1) is 24.0 Å². The first kappa shape index (κ1) is 19.8. The van der Waals surface area contributed by atoms with Crippen molar-refractivity contribution in [3.63, 3.8) is 0 Å². The van der Waals surface area contributed by atoms with Gasteiger partial charge in [0.2, 0.25) is 0 Å². The van der Waals surface area contributed by atoms with Crippen LogP contribution in [0.25, 0.3) is 0 Å². The molecule has 0 heterocycles. The molecule has 2 aromatic rings. The van der Waals surface area contributed by atoms with Crippen molar-refractivity contribution in [3.8, 4) is 5.75 Å². The topological polar surface area (TPSA) is 59.6 Å². The Labute approximate surface area is 170 Å². The lowest BCUT2D eigenvalue weighted by Gasteiger charge is -2.21. The average molecular weight is 472 g/mol. The van der Waals surface area contributed by atoms with E-state index in [4.69, 9.17) is 22.1 Å². The molecule has 1 aliphatic rings. The molecule has 3 N–H and O–H groups in total. The maximum Gasteiger partial charge on any atom is 0.193 e. The highest BCUT2D eigenvalue weighted by atomic mass is 127. The number of benzene rings is 2. The van der Waals surface area contributed by atoms with Gasteiger partial charge in [-0.05, 0) is 47.6 Å². The van der Waals surface area contributed by atoms with Gasteiger partial charge in [0.25, 0.3) is 0 Å². The minimum absolute atomic E-state index is 0. The summed E-state index contributed by atoms with van der Waals surface area (Å²) in [6.07, 6.45) is 2.07. The zero-order valence-electron chi connectivity index (χ0n) is 14.4. The van der Waals surface area contributed by atoms with E-state index >= 15 is 0 Å². The number of rotatable bonds is 4. The van der Waals surface area contributed by atoms with Crippen LogP contribution in [0.15, 0.2) is 47.5 Å². The second kappa shape index (κ2) is 8.27. The monoisotopic (exact) mass is 471 g/mol. The van der Waals surface area contributed by atoms with Gasteiger partial charge in [0.1, 0.15) is 5.75 Å². The van der Waals surface area contributed by atoms with Crippen LogP contribution in [-0.2, 0) is 12.8 Å². The summed E-state index contributed by atoms with van der Waals surface area (Å²) in [5, 5.41) is 3.62. The molecule has 2 aromatic carbocycles. The minimum atomic E-state index is 0. The van der Waals surface area contributed by atoms with Crippen molar-refractivity contribution in [2.45, 2.75) is 19.8 Å². The van der Waals surface area contributed by atoms with Crippen molar-refractivity contribution >= 4 is 47.2 Å². The molecule has 0 radical (unpaired) electrons. The first-order valence-electron chi connectivity index (χ1n) is 7.96. The molecule has 0 spiro atoms. The van der Waals surface area contributed by atoms with Crippen LogP contribution in [0.3, 0.4) is 0 Å². The van der Waals surface area contributed by atoms with Crippen molar-refractivity contribution in [1.29, 1.82) is 0 Å². The maximum absolute atomic E-state index is 6.12. The van der Waals surface area contributed by atoms with Crippen LogP contribution in [0.1, 0.15) is 18.1 Å². The fourth-order valence-corrected chi connectivity index (χ4v) is 3.46. The summed E-state index contributed by atoms with van der Waals surface area (Å²) < 4.78 is 5.14. The summed E-state index contributed by atoms with van der Waals surface area (Å²) in [6, 6.07) is 14.0. The Morgan fingerprint density at radius 3 is 2.44 bits per heavy atom. The Morgan fingerprint density at radius 1 is 1.24 bits per heavy atom. The Kier molecular flexibility index (Phi) is 6.57. The third-order valence-corrected chi connectivity index (χ3v) is 4.70. The molecule has 4 nitrogen and oxygen atoms in total. The van der Waals surface area contributed by atoms with Crippen LogP contribution in [-0.4, -0.2) is 19.6 Å². The number of anilines is 1. The lowest BCUT2D eigenvalue weighted by atomic mass is 9.87. The third kappa shape index (κ3) is 4.79. The fraction of sp³-hybridized carbons (Fsp3) is 0.316. The van der Waals surface area contributed by atoms with Crippen molar-refractivity contribution in [2.24, 2.45) is 16.1 Å². The van der Waals surface area contributed by atoms with Crippen LogP contribution in [0.5, 0.6) is 5.75 Å². The molecule has 0 atom stereocenters. The molecule has 0 amide bonds. The molecular weight excluding hydrogens is 449 g/mol. The summed E-state index contributed by atoms with van der Waals surface area (Å²) in [6.45, 7) is 2.94. The SMILES string of the molecule is COc1ccc(NC(N)=NCC2(C)Cc3ccccc3C2)cc1Cl.I. The van der Waals surface area contributed by atoms with Gasteiger partial charge in [-0.25, -0.2) is 0 Å². The minimum Gasteiger partial charge on any atom is -0.495 e.